The van der Waals surface area contributed by atoms with Crippen LogP contribution in [0.15, 0.2) is 18.2 Å². The summed E-state index contributed by atoms with van der Waals surface area (Å²) in [7, 11) is 1.89. The molecule has 3 nitrogen and oxygen atoms in total. The number of aryl methyl sites for hydroxylation is 3. The zero-order chi connectivity index (χ0) is 13.4. The van der Waals surface area contributed by atoms with Gasteiger partial charge in [-0.3, -0.25) is 4.68 Å². The van der Waals surface area contributed by atoms with Crippen LogP contribution in [0.2, 0.25) is 0 Å². The highest BCUT2D eigenvalue weighted by atomic mass is 19.1. The van der Waals surface area contributed by atoms with Gasteiger partial charge in [-0.05, 0) is 44.0 Å². The minimum absolute atomic E-state index is 0.259. The van der Waals surface area contributed by atoms with Gasteiger partial charge in [-0.25, -0.2) is 4.39 Å². The Kier molecular flexibility index (Phi) is 3.22. The van der Waals surface area contributed by atoms with Gasteiger partial charge in [0.05, 0.1) is 11.7 Å². The largest absolute Gasteiger partial charge is 0.320 e. The maximum Gasteiger partial charge on any atom is 0.123 e. The lowest BCUT2D eigenvalue weighted by molar-refractivity contribution is 0.622. The van der Waals surface area contributed by atoms with Gasteiger partial charge in [-0.2, -0.15) is 5.10 Å². The van der Waals surface area contributed by atoms with Crippen LogP contribution in [-0.2, 0) is 7.05 Å². The summed E-state index contributed by atoms with van der Waals surface area (Å²) in [5.74, 6) is -0.259. The molecular formula is C14H18FN3. The van der Waals surface area contributed by atoms with Crippen LogP contribution in [-0.4, -0.2) is 9.78 Å². The Morgan fingerprint density at radius 1 is 1.28 bits per heavy atom. The van der Waals surface area contributed by atoms with Crippen LogP contribution < -0.4 is 5.73 Å². The fraction of sp³-hybridized carbons (Fsp3) is 0.357. The van der Waals surface area contributed by atoms with Gasteiger partial charge < -0.3 is 5.73 Å². The van der Waals surface area contributed by atoms with E-state index in [0.717, 1.165) is 28.1 Å². The summed E-state index contributed by atoms with van der Waals surface area (Å²) < 4.78 is 15.2. The van der Waals surface area contributed by atoms with E-state index in [4.69, 9.17) is 5.73 Å². The van der Waals surface area contributed by atoms with Crippen molar-refractivity contribution in [1.29, 1.82) is 0 Å². The van der Waals surface area contributed by atoms with Crippen molar-refractivity contribution in [3.63, 3.8) is 0 Å². The SMILES string of the molecule is Cc1ccc(F)cc1C(N)c1c(C)nn(C)c1C. The quantitative estimate of drug-likeness (QED) is 0.886. The lowest BCUT2D eigenvalue weighted by Gasteiger charge is -2.15. The summed E-state index contributed by atoms with van der Waals surface area (Å²) in [5.41, 5.74) is 11.0. The molecule has 2 N–H and O–H groups in total. The van der Waals surface area contributed by atoms with Crippen molar-refractivity contribution < 1.29 is 4.39 Å². The minimum atomic E-state index is -0.339. The van der Waals surface area contributed by atoms with Crippen molar-refractivity contribution in [3.05, 3.63) is 52.1 Å². The van der Waals surface area contributed by atoms with Gasteiger partial charge in [0.25, 0.3) is 0 Å². The second-order valence-corrected chi connectivity index (χ2v) is 4.69. The van der Waals surface area contributed by atoms with E-state index < -0.39 is 0 Å². The van der Waals surface area contributed by atoms with Crippen LogP contribution in [0, 0.1) is 26.6 Å². The van der Waals surface area contributed by atoms with Crippen molar-refractivity contribution in [1.82, 2.24) is 9.78 Å². The Bertz CT molecular complexity index is 587. The molecule has 0 aliphatic heterocycles. The van der Waals surface area contributed by atoms with Crippen LogP contribution in [0.3, 0.4) is 0 Å². The molecule has 0 spiro atoms. The maximum absolute atomic E-state index is 13.4. The molecule has 2 aromatic rings. The van der Waals surface area contributed by atoms with Gasteiger partial charge in [-0.1, -0.05) is 6.07 Å². The van der Waals surface area contributed by atoms with E-state index in [1.165, 1.54) is 12.1 Å². The number of halogens is 1. The fourth-order valence-corrected chi connectivity index (χ4v) is 2.34. The Labute approximate surface area is 106 Å². The molecule has 1 aromatic carbocycles. The molecule has 4 heteroatoms. The number of hydrogen-bond donors (Lipinski definition) is 1. The minimum Gasteiger partial charge on any atom is -0.320 e. The molecule has 1 aromatic heterocycles. The molecule has 1 atom stereocenters. The molecular weight excluding hydrogens is 229 g/mol. The molecule has 0 aliphatic carbocycles. The number of hydrogen-bond acceptors (Lipinski definition) is 2. The third-order valence-corrected chi connectivity index (χ3v) is 3.45. The Balaban J connectivity index is 2.54. The topological polar surface area (TPSA) is 43.8 Å². The molecule has 0 saturated heterocycles. The van der Waals surface area contributed by atoms with Gasteiger partial charge in [0.2, 0.25) is 0 Å². The molecule has 0 amide bonds. The number of nitrogens with two attached hydrogens (primary N) is 1. The van der Waals surface area contributed by atoms with Crippen molar-refractivity contribution >= 4 is 0 Å². The van der Waals surface area contributed by atoms with Gasteiger partial charge in [0, 0.05) is 18.3 Å². The third kappa shape index (κ3) is 2.04. The molecule has 1 heterocycles. The number of benzene rings is 1. The van der Waals surface area contributed by atoms with E-state index in [2.05, 4.69) is 5.10 Å². The average Bonchev–Trinajstić information content (AvgIpc) is 2.56. The highest BCUT2D eigenvalue weighted by Gasteiger charge is 2.20. The highest BCUT2D eigenvalue weighted by molar-refractivity contribution is 5.40. The van der Waals surface area contributed by atoms with Gasteiger partial charge in [0.15, 0.2) is 0 Å². The van der Waals surface area contributed by atoms with E-state index >= 15 is 0 Å². The van der Waals surface area contributed by atoms with Gasteiger partial charge in [-0.15, -0.1) is 0 Å². The monoisotopic (exact) mass is 247 g/mol. The summed E-state index contributed by atoms with van der Waals surface area (Å²) in [6.07, 6.45) is 0. The molecule has 0 radical (unpaired) electrons. The van der Waals surface area contributed by atoms with E-state index in [1.807, 2.05) is 27.8 Å². The summed E-state index contributed by atoms with van der Waals surface area (Å²) in [6.45, 7) is 5.84. The molecule has 0 bridgehead atoms. The second kappa shape index (κ2) is 4.53. The number of rotatable bonds is 2. The van der Waals surface area contributed by atoms with E-state index in [1.54, 1.807) is 10.7 Å². The first-order valence-corrected chi connectivity index (χ1v) is 5.93. The predicted molar refractivity (Wildman–Crippen MR) is 69.8 cm³/mol. The molecule has 18 heavy (non-hydrogen) atoms. The normalized spacial score (nSPS) is 12.8. The fourth-order valence-electron chi connectivity index (χ4n) is 2.34. The smallest absolute Gasteiger partial charge is 0.123 e. The van der Waals surface area contributed by atoms with Crippen molar-refractivity contribution in [2.45, 2.75) is 26.8 Å². The molecule has 1 unspecified atom stereocenters. The van der Waals surface area contributed by atoms with Crippen LogP contribution in [0.25, 0.3) is 0 Å². The first kappa shape index (κ1) is 12.8. The lowest BCUT2D eigenvalue weighted by atomic mass is 9.94. The molecule has 0 fully saturated rings. The van der Waals surface area contributed by atoms with Crippen molar-refractivity contribution in [3.8, 4) is 0 Å². The number of aromatic nitrogens is 2. The summed E-state index contributed by atoms with van der Waals surface area (Å²) in [4.78, 5) is 0. The first-order chi connectivity index (χ1) is 8.41. The summed E-state index contributed by atoms with van der Waals surface area (Å²) >= 11 is 0. The highest BCUT2D eigenvalue weighted by Crippen LogP contribution is 2.27. The van der Waals surface area contributed by atoms with Gasteiger partial charge >= 0.3 is 0 Å². The van der Waals surface area contributed by atoms with Crippen molar-refractivity contribution in [2.24, 2.45) is 12.8 Å². The number of nitrogens with zero attached hydrogens (tertiary/aromatic N) is 2. The van der Waals surface area contributed by atoms with E-state index in [0.29, 0.717) is 0 Å². The molecule has 0 saturated carbocycles. The Morgan fingerprint density at radius 3 is 2.50 bits per heavy atom. The van der Waals surface area contributed by atoms with Crippen LogP contribution >= 0.6 is 0 Å². The van der Waals surface area contributed by atoms with Crippen molar-refractivity contribution in [2.75, 3.05) is 0 Å². The second-order valence-electron chi connectivity index (χ2n) is 4.69. The first-order valence-electron chi connectivity index (χ1n) is 5.93. The summed E-state index contributed by atoms with van der Waals surface area (Å²) in [5, 5.41) is 4.35. The standard InChI is InChI=1S/C14H18FN3/c1-8-5-6-11(15)7-12(8)14(16)13-9(2)17-18(4)10(13)3/h5-7,14H,16H2,1-4H3. The third-order valence-electron chi connectivity index (χ3n) is 3.45. The Hall–Kier alpha value is -1.68. The predicted octanol–water partition coefficient (Wildman–Crippen LogP) is 2.53. The van der Waals surface area contributed by atoms with Crippen LogP contribution in [0.1, 0.15) is 34.1 Å². The molecule has 0 aliphatic rings. The zero-order valence-electron chi connectivity index (χ0n) is 11.2. The van der Waals surface area contributed by atoms with E-state index in [-0.39, 0.29) is 11.9 Å². The maximum atomic E-state index is 13.4. The lowest BCUT2D eigenvalue weighted by Crippen LogP contribution is -2.15. The zero-order valence-corrected chi connectivity index (χ0v) is 11.2. The van der Waals surface area contributed by atoms with Crippen LogP contribution in [0.4, 0.5) is 4.39 Å². The summed E-state index contributed by atoms with van der Waals surface area (Å²) in [6, 6.07) is 4.38. The van der Waals surface area contributed by atoms with Crippen LogP contribution in [0.5, 0.6) is 0 Å². The molecule has 96 valence electrons. The molecule has 2 rings (SSSR count). The van der Waals surface area contributed by atoms with Gasteiger partial charge in [0.1, 0.15) is 5.82 Å². The Morgan fingerprint density at radius 2 is 1.94 bits per heavy atom. The van der Waals surface area contributed by atoms with E-state index in [9.17, 15) is 4.39 Å². The average molecular weight is 247 g/mol.